The van der Waals surface area contributed by atoms with E-state index in [-0.39, 0.29) is 12.1 Å². The van der Waals surface area contributed by atoms with Crippen molar-refractivity contribution in [2.75, 3.05) is 30.8 Å². The summed E-state index contributed by atoms with van der Waals surface area (Å²) in [4.78, 5) is 10.2. The summed E-state index contributed by atoms with van der Waals surface area (Å²) in [6.45, 7) is 5.40. The van der Waals surface area contributed by atoms with Gasteiger partial charge in [0.1, 0.15) is 23.8 Å². The molecule has 0 spiro atoms. The Bertz CT molecular complexity index is 753. The molecule has 0 saturated carbocycles. The number of aliphatic hydroxyl groups is 1. The molecule has 0 amide bonds. The van der Waals surface area contributed by atoms with Crippen molar-refractivity contribution in [3.8, 4) is 11.6 Å². The first-order valence-corrected chi connectivity index (χ1v) is 8.84. The lowest BCUT2D eigenvalue weighted by Crippen LogP contribution is -2.49. The van der Waals surface area contributed by atoms with Crippen LogP contribution in [0.2, 0.25) is 0 Å². The standard InChI is InChI=1S/C19H26N4O3/c1-12(2)13-5-4-6-14(9-13)26-16-7-8-23(11-15(16)24)17-10-18(25-3)22-19(20)21-17/h4-6,9-10,12,15-16,24H,7-8,11H2,1-3H3,(H2,20,21,22)/t15-,16-/m1/s1. The highest BCUT2D eigenvalue weighted by molar-refractivity contribution is 5.46. The predicted molar refractivity (Wildman–Crippen MR) is 101 cm³/mol. The highest BCUT2D eigenvalue weighted by Crippen LogP contribution is 2.26. The van der Waals surface area contributed by atoms with Crippen LogP contribution in [0.3, 0.4) is 0 Å². The summed E-state index contributed by atoms with van der Waals surface area (Å²) in [5, 5.41) is 10.6. The number of aliphatic hydroxyl groups excluding tert-OH is 1. The van der Waals surface area contributed by atoms with Gasteiger partial charge in [-0.05, 0) is 23.6 Å². The number of benzene rings is 1. The number of nitrogens with two attached hydrogens (primary N) is 1. The number of hydrogen-bond acceptors (Lipinski definition) is 7. The minimum atomic E-state index is -0.631. The topological polar surface area (TPSA) is 93.7 Å². The number of piperidine rings is 1. The van der Waals surface area contributed by atoms with Gasteiger partial charge in [-0.1, -0.05) is 26.0 Å². The van der Waals surface area contributed by atoms with Crippen LogP contribution in [0.4, 0.5) is 11.8 Å². The van der Waals surface area contributed by atoms with Crippen molar-refractivity contribution >= 4 is 11.8 Å². The van der Waals surface area contributed by atoms with Crippen molar-refractivity contribution in [2.24, 2.45) is 0 Å². The second-order valence-electron chi connectivity index (χ2n) is 6.81. The maximum absolute atomic E-state index is 10.6. The zero-order valence-electron chi connectivity index (χ0n) is 15.4. The Labute approximate surface area is 153 Å². The van der Waals surface area contributed by atoms with E-state index in [9.17, 15) is 5.11 Å². The molecule has 0 unspecified atom stereocenters. The third-order valence-corrected chi connectivity index (χ3v) is 4.57. The van der Waals surface area contributed by atoms with Crippen LogP contribution in [-0.4, -0.2) is 47.5 Å². The van der Waals surface area contributed by atoms with E-state index in [0.29, 0.717) is 37.1 Å². The van der Waals surface area contributed by atoms with Gasteiger partial charge in [-0.3, -0.25) is 0 Å². The van der Waals surface area contributed by atoms with Gasteiger partial charge in [-0.15, -0.1) is 0 Å². The molecule has 0 bridgehead atoms. The third-order valence-electron chi connectivity index (χ3n) is 4.57. The summed E-state index contributed by atoms with van der Waals surface area (Å²) in [5.41, 5.74) is 6.95. The normalized spacial score (nSPS) is 20.3. The summed E-state index contributed by atoms with van der Waals surface area (Å²) in [7, 11) is 1.53. The van der Waals surface area contributed by atoms with E-state index in [1.807, 2.05) is 23.1 Å². The molecule has 1 saturated heterocycles. The van der Waals surface area contributed by atoms with Gasteiger partial charge in [0.05, 0.1) is 7.11 Å². The molecule has 1 aliphatic rings. The maximum Gasteiger partial charge on any atom is 0.225 e. The molecule has 3 rings (SSSR count). The molecule has 7 heteroatoms. The molecule has 2 heterocycles. The quantitative estimate of drug-likeness (QED) is 0.846. The van der Waals surface area contributed by atoms with Crippen molar-refractivity contribution < 1.29 is 14.6 Å². The largest absolute Gasteiger partial charge is 0.488 e. The van der Waals surface area contributed by atoms with Gasteiger partial charge in [0.25, 0.3) is 0 Å². The van der Waals surface area contributed by atoms with Crippen LogP contribution in [0.5, 0.6) is 11.6 Å². The Balaban J connectivity index is 1.67. The van der Waals surface area contributed by atoms with Crippen LogP contribution in [0.15, 0.2) is 30.3 Å². The third kappa shape index (κ3) is 4.16. The van der Waals surface area contributed by atoms with Crippen molar-refractivity contribution in [1.82, 2.24) is 9.97 Å². The molecule has 1 aliphatic heterocycles. The van der Waals surface area contributed by atoms with Gasteiger partial charge in [-0.2, -0.15) is 9.97 Å². The lowest BCUT2D eigenvalue weighted by molar-refractivity contribution is 0.0240. The smallest absolute Gasteiger partial charge is 0.225 e. The Kier molecular flexibility index (Phi) is 5.46. The van der Waals surface area contributed by atoms with Crippen molar-refractivity contribution in [3.63, 3.8) is 0 Å². The first kappa shape index (κ1) is 18.3. The molecule has 7 nitrogen and oxygen atoms in total. The van der Waals surface area contributed by atoms with Crippen LogP contribution in [0.25, 0.3) is 0 Å². The number of aromatic nitrogens is 2. The van der Waals surface area contributed by atoms with E-state index < -0.39 is 6.10 Å². The van der Waals surface area contributed by atoms with Gasteiger partial charge >= 0.3 is 0 Å². The molecule has 1 fully saturated rings. The highest BCUT2D eigenvalue weighted by atomic mass is 16.5. The molecule has 1 aromatic heterocycles. The van der Waals surface area contributed by atoms with E-state index >= 15 is 0 Å². The molecule has 2 atom stereocenters. The molecule has 1 aromatic carbocycles. The number of rotatable bonds is 5. The minimum Gasteiger partial charge on any atom is -0.488 e. The number of methoxy groups -OCH3 is 1. The summed E-state index contributed by atoms with van der Waals surface area (Å²) < 4.78 is 11.2. The summed E-state index contributed by atoms with van der Waals surface area (Å²) in [6, 6.07) is 9.77. The number of anilines is 2. The number of β-amino-alcohol motifs (C(OH)–C–C–N with tert-alkyl or cyclic N) is 1. The highest BCUT2D eigenvalue weighted by Gasteiger charge is 2.30. The molecule has 26 heavy (non-hydrogen) atoms. The summed E-state index contributed by atoms with van der Waals surface area (Å²) >= 11 is 0. The van der Waals surface area contributed by atoms with E-state index in [1.54, 1.807) is 6.07 Å². The molecular weight excluding hydrogens is 332 g/mol. The molecule has 3 N–H and O–H groups in total. The van der Waals surface area contributed by atoms with Crippen LogP contribution in [0.1, 0.15) is 31.7 Å². The zero-order valence-corrected chi connectivity index (χ0v) is 15.4. The fourth-order valence-electron chi connectivity index (χ4n) is 3.07. The van der Waals surface area contributed by atoms with Crippen molar-refractivity contribution in [2.45, 2.75) is 38.4 Å². The average molecular weight is 358 g/mol. The second-order valence-corrected chi connectivity index (χ2v) is 6.81. The average Bonchev–Trinajstić information content (AvgIpc) is 2.63. The van der Waals surface area contributed by atoms with Gasteiger partial charge in [0.2, 0.25) is 11.8 Å². The number of nitrogen functional groups attached to an aromatic ring is 1. The Morgan fingerprint density at radius 3 is 2.77 bits per heavy atom. The van der Waals surface area contributed by atoms with Gasteiger partial charge < -0.3 is 25.2 Å². The first-order chi connectivity index (χ1) is 12.5. The van der Waals surface area contributed by atoms with E-state index in [0.717, 1.165) is 5.75 Å². The molecule has 140 valence electrons. The Morgan fingerprint density at radius 1 is 1.27 bits per heavy atom. The zero-order chi connectivity index (χ0) is 18.7. The van der Waals surface area contributed by atoms with Crippen LogP contribution in [0, 0.1) is 0 Å². The number of nitrogens with zero attached hydrogens (tertiary/aromatic N) is 3. The number of hydrogen-bond donors (Lipinski definition) is 2. The lowest BCUT2D eigenvalue weighted by atomic mass is 10.0. The van der Waals surface area contributed by atoms with Gasteiger partial charge in [-0.25, -0.2) is 0 Å². The Morgan fingerprint density at radius 2 is 2.08 bits per heavy atom. The fourth-order valence-corrected chi connectivity index (χ4v) is 3.07. The lowest BCUT2D eigenvalue weighted by Gasteiger charge is -2.36. The van der Waals surface area contributed by atoms with Crippen molar-refractivity contribution in [3.05, 3.63) is 35.9 Å². The molecular formula is C19H26N4O3. The molecule has 0 aliphatic carbocycles. The first-order valence-electron chi connectivity index (χ1n) is 8.84. The van der Waals surface area contributed by atoms with Crippen LogP contribution in [-0.2, 0) is 0 Å². The SMILES string of the molecule is COc1cc(N2CC[C@@H](Oc3cccc(C(C)C)c3)[C@H](O)C2)nc(N)n1. The summed E-state index contributed by atoms with van der Waals surface area (Å²) in [5.74, 6) is 2.43. The van der Waals surface area contributed by atoms with E-state index in [1.165, 1.54) is 12.7 Å². The molecule has 0 radical (unpaired) electrons. The van der Waals surface area contributed by atoms with Crippen LogP contribution < -0.4 is 20.1 Å². The van der Waals surface area contributed by atoms with Crippen LogP contribution >= 0.6 is 0 Å². The fraction of sp³-hybridized carbons (Fsp3) is 0.474. The van der Waals surface area contributed by atoms with E-state index in [4.69, 9.17) is 15.2 Å². The van der Waals surface area contributed by atoms with E-state index in [2.05, 4.69) is 29.9 Å². The molecule has 2 aromatic rings. The second kappa shape index (κ2) is 7.78. The monoisotopic (exact) mass is 358 g/mol. The predicted octanol–water partition coefficient (Wildman–Crippen LogP) is 2.21. The number of ether oxygens (including phenoxy) is 2. The maximum atomic E-state index is 10.6. The minimum absolute atomic E-state index is 0.151. The van der Waals surface area contributed by atoms with Gasteiger partial charge in [0, 0.05) is 25.6 Å². The Hall–Kier alpha value is -2.54. The van der Waals surface area contributed by atoms with Gasteiger partial charge in [0.15, 0.2) is 0 Å². The van der Waals surface area contributed by atoms with Crippen molar-refractivity contribution in [1.29, 1.82) is 0 Å². The summed E-state index contributed by atoms with van der Waals surface area (Å²) in [6.07, 6.45) is -0.206.